The summed E-state index contributed by atoms with van der Waals surface area (Å²) in [5, 5.41) is 0. The van der Waals surface area contributed by atoms with E-state index in [1.807, 2.05) is 36.4 Å². The van der Waals surface area contributed by atoms with Gasteiger partial charge in [-0.3, -0.25) is 4.90 Å². The first kappa shape index (κ1) is 15.6. The van der Waals surface area contributed by atoms with E-state index in [-0.39, 0.29) is 6.10 Å². The van der Waals surface area contributed by atoms with E-state index in [0.29, 0.717) is 5.82 Å². The fourth-order valence-corrected chi connectivity index (χ4v) is 2.86. The van der Waals surface area contributed by atoms with E-state index in [0.717, 1.165) is 49.5 Å². The molecule has 2 N–H and O–H groups in total. The molecule has 2 aromatic rings. The number of hydrogen-bond donors (Lipinski definition) is 1. The average molecular weight is 313 g/mol. The van der Waals surface area contributed by atoms with E-state index < -0.39 is 0 Å². The minimum Gasteiger partial charge on any atom is -0.497 e. The minimum atomic E-state index is 0.269. The van der Waals surface area contributed by atoms with Crippen molar-refractivity contribution in [3.8, 4) is 11.5 Å². The Bertz CT molecular complexity index is 622. The van der Waals surface area contributed by atoms with Crippen LogP contribution in [0.25, 0.3) is 0 Å². The van der Waals surface area contributed by atoms with Gasteiger partial charge >= 0.3 is 0 Å². The second kappa shape index (κ2) is 7.33. The van der Waals surface area contributed by atoms with Gasteiger partial charge in [0.15, 0.2) is 0 Å². The van der Waals surface area contributed by atoms with Gasteiger partial charge in [0.2, 0.25) is 0 Å². The second-order valence-corrected chi connectivity index (χ2v) is 5.82. The van der Waals surface area contributed by atoms with E-state index in [2.05, 4.69) is 9.88 Å². The first-order valence-electron chi connectivity index (χ1n) is 7.97. The minimum absolute atomic E-state index is 0.269. The van der Waals surface area contributed by atoms with Gasteiger partial charge in [0.25, 0.3) is 0 Å². The molecule has 1 aliphatic heterocycles. The number of nitrogens with two attached hydrogens (primary N) is 1. The van der Waals surface area contributed by atoms with Gasteiger partial charge in [-0.2, -0.15) is 0 Å². The summed E-state index contributed by atoms with van der Waals surface area (Å²) in [4.78, 5) is 6.55. The number of ether oxygens (including phenoxy) is 2. The first-order chi connectivity index (χ1) is 11.2. The Labute approximate surface area is 137 Å². The van der Waals surface area contributed by atoms with Gasteiger partial charge in [-0.1, -0.05) is 6.07 Å². The van der Waals surface area contributed by atoms with Crippen LogP contribution in [0.15, 0.2) is 42.6 Å². The molecule has 23 heavy (non-hydrogen) atoms. The number of piperidine rings is 1. The summed E-state index contributed by atoms with van der Waals surface area (Å²) < 4.78 is 11.2. The summed E-state index contributed by atoms with van der Waals surface area (Å²) in [6.07, 6.45) is 4.04. The molecule has 0 unspecified atom stereocenters. The number of hydrogen-bond acceptors (Lipinski definition) is 5. The van der Waals surface area contributed by atoms with Crippen molar-refractivity contribution in [2.45, 2.75) is 25.5 Å². The highest BCUT2D eigenvalue weighted by Gasteiger charge is 2.21. The number of nitrogen functional groups attached to an aromatic ring is 1. The van der Waals surface area contributed by atoms with Crippen molar-refractivity contribution in [1.82, 2.24) is 9.88 Å². The Morgan fingerprint density at radius 2 is 1.83 bits per heavy atom. The molecule has 0 saturated carbocycles. The lowest BCUT2D eigenvalue weighted by Crippen LogP contribution is -2.37. The monoisotopic (exact) mass is 313 g/mol. The molecule has 1 saturated heterocycles. The van der Waals surface area contributed by atoms with Crippen LogP contribution < -0.4 is 15.2 Å². The molecule has 0 bridgehead atoms. The zero-order chi connectivity index (χ0) is 16.1. The van der Waals surface area contributed by atoms with Crippen LogP contribution in [0.3, 0.4) is 0 Å². The lowest BCUT2D eigenvalue weighted by atomic mass is 10.1. The van der Waals surface area contributed by atoms with Crippen LogP contribution in [0.5, 0.6) is 11.5 Å². The largest absolute Gasteiger partial charge is 0.497 e. The molecule has 1 aromatic heterocycles. The molecular weight excluding hydrogens is 290 g/mol. The molecule has 5 heteroatoms. The molecule has 0 spiro atoms. The highest BCUT2D eigenvalue weighted by atomic mass is 16.5. The number of benzene rings is 1. The van der Waals surface area contributed by atoms with Gasteiger partial charge in [-0.25, -0.2) is 4.98 Å². The highest BCUT2D eigenvalue weighted by molar-refractivity contribution is 5.38. The number of anilines is 1. The third-order valence-corrected chi connectivity index (χ3v) is 4.22. The molecule has 2 heterocycles. The fourth-order valence-electron chi connectivity index (χ4n) is 2.86. The number of likely N-dealkylation sites (tertiary alicyclic amines) is 1. The Hall–Kier alpha value is -2.27. The third-order valence-electron chi connectivity index (χ3n) is 4.22. The summed E-state index contributed by atoms with van der Waals surface area (Å²) >= 11 is 0. The second-order valence-electron chi connectivity index (χ2n) is 5.82. The van der Waals surface area contributed by atoms with Crippen LogP contribution in [0.2, 0.25) is 0 Å². The van der Waals surface area contributed by atoms with Crippen LogP contribution in [-0.2, 0) is 6.54 Å². The third kappa shape index (κ3) is 4.13. The normalized spacial score (nSPS) is 16.2. The highest BCUT2D eigenvalue weighted by Crippen LogP contribution is 2.23. The van der Waals surface area contributed by atoms with E-state index >= 15 is 0 Å². The molecule has 1 aromatic carbocycles. The number of pyridine rings is 1. The summed E-state index contributed by atoms with van der Waals surface area (Å²) in [5.41, 5.74) is 7.02. The fraction of sp³-hybridized carbons (Fsp3) is 0.389. The lowest BCUT2D eigenvalue weighted by Gasteiger charge is -2.32. The van der Waals surface area contributed by atoms with E-state index in [9.17, 15) is 0 Å². The maximum Gasteiger partial charge on any atom is 0.127 e. The molecule has 0 atom stereocenters. The topological polar surface area (TPSA) is 60.6 Å². The van der Waals surface area contributed by atoms with Crippen LogP contribution in [0, 0.1) is 0 Å². The van der Waals surface area contributed by atoms with Gasteiger partial charge in [0.05, 0.1) is 7.11 Å². The Balaban J connectivity index is 1.49. The van der Waals surface area contributed by atoms with Gasteiger partial charge in [0, 0.05) is 31.4 Å². The number of rotatable bonds is 5. The van der Waals surface area contributed by atoms with Gasteiger partial charge in [-0.05, 0) is 43.2 Å². The Morgan fingerprint density at radius 1 is 1.13 bits per heavy atom. The van der Waals surface area contributed by atoms with Gasteiger partial charge in [-0.15, -0.1) is 0 Å². The predicted octanol–water partition coefficient (Wildman–Crippen LogP) is 2.72. The smallest absolute Gasteiger partial charge is 0.127 e. The van der Waals surface area contributed by atoms with Gasteiger partial charge in [0.1, 0.15) is 23.4 Å². The van der Waals surface area contributed by atoms with Crippen molar-refractivity contribution in [3.05, 3.63) is 48.2 Å². The lowest BCUT2D eigenvalue weighted by molar-refractivity contribution is 0.0968. The number of nitrogens with zero attached hydrogens (tertiary/aromatic N) is 2. The molecule has 122 valence electrons. The summed E-state index contributed by atoms with van der Waals surface area (Å²) in [6.45, 7) is 2.87. The van der Waals surface area contributed by atoms with Crippen LogP contribution in [0.1, 0.15) is 18.4 Å². The zero-order valence-electron chi connectivity index (χ0n) is 13.4. The van der Waals surface area contributed by atoms with E-state index in [4.69, 9.17) is 15.2 Å². The van der Waals surface area contributed by atoms with E-state index in [1.165, 1.54) is 0 Å². The molecule has 5 nitrogen and oxygen atoms in total. The maximum absolute atomic E-state index is 6.06. The quantitative estimate of drug-likeness (QED) is 0.919. The molecule has 0 aliphatic carbocycles. The maximum atomic E-state index is 6.06. The average Bonchev–Trinajstić information content (AvgIpc) is 2.59. The molecular formula is C18H23N3O2. The van der Waals surface area contributed by atoms with Crippen molar-refractivity contribution in [2.24, 2.45) is 0 Å². The van der Waals surface area contributed by atoms with Crippen molar-refractivity contribution in [1.29, 1.82) is 0 Å². The molecule has 0 amide bonds. The Kier molecular flexibility index (Phi) is 4.98. The summed E-state index contributed by atoms with van der Waals surface area (Å²) in [5.74, 6) is 2.38. The molecule has 1 fully saturated rings. The number of methoxy groups -OCH3 is 1. The van der Waals surface area contributed by atoms with E-state index in [1.54, 1.807) is 13.3 Å². The molecule has 1 aliphatic rings. The van der Waals surface area contributed by atoms with Crippen LogP contribution in [0.4, 0.5) is 5.82 Å². The Morgan fingerprint density at radius 3 is 2.48 bits per heavy atom. The zero-order valence-corrected chi connectivity index (χ0v) is 13.4. The predicted molar refractivity (Wildman–Crippen MR) is 90.6 cm³/mol. The van der Waals surface area contributed by atoms with Crippen molar-refractivity contribution >= 4 is 5.82 Å². The van der Waals surface area contributed by atoms with Crippen molar-refractivity contribution < 1.29 is 9.47 Å². The first-order valence-corrected chi connectivity index (χ1v) is 7.97. The van der Waals surface area contributed by atoms with Gasteiger partial charge < -0.3 is 15.2 Å². The van der Waals surface area contributed by atoms with Crippen molar-refractivity contribution in [3.63, 3.8) is 0 Å². The van der Waals surface area contributed by atoms with Crippen molar-refractivity contribution in [2.75, 3.05) is 25.9 Å². The number of aromatic nitrogens is 1. The summed E-state index contributed by atoms with van der Waals surface area (Å²) in [7, 11) is 1.67. The molecule has 0 radical (unpaired) electrons. The standard InChI is InChI=1S/C18H23N3O2/c1-22-15-4-6-16(7-5-15)23-17-8-11-21(12-9-17)13-14-3-2-10-20-18(14)19/h2-7,10,17H,8-9,11-13H2,1H3,(H2,19,20). The molecule has 3 rings (SSSR count). The SMILES string of the molecule is COc1ccc(OC2CCN(Cc3cccnc3N)CC2)cc1. The van der Waals surface area contributed by atoms with Crippen LogP contribution in [-0.4, -0.2) is 36.2 Å². The summed E-state index contributed by atoms with van der Waals surface area (Å²) in [6, 6.07) is 11.8. The van der Waals surface area contributed by atoms with Crippen LogP contribution >= 0.6 is 0 Å².